The van der Waals surface area contributed by atoms with Crippen molar-refractivity contribution in [3.63, 3.8) is 0 Å². The molecule has 0 bridgehead atoms. The molecular weight excluding hydrogens is 211 g/mol. The van der Waals surface area contributed by atoms with Crippen LogP contribution in [0.1, 0.15) is 35.2 Å². The van der Waals surface area contributed by atoms with Gasteiger partial charge in [-0.05, 0) is 37.0 Å². The van der Waals surface area contributed by atoms with Gasteiger partial charge in [-0.3, -0.25) is 0 Å². The molecule has 0 spiro atoms. The van der Waals surface area contributed by atoms with Crippen LogP contribution >= 0.6 is 0 Å². The summed E-state index contributed by atoms with van der Waals surface area (Å²) >= 11 is 0. The van der Waals surface area contributed by atoms with Crippen LogP contribution in [0.3, 0.4) is 0 Å². The smallest absolute Gasteiger partial charge is 0.338 e. The average molecular weight is 224 g/mol. The SMILES string of the molecule is O=C(O)c1cc(COC2CCC2)ccc1F. The summed E-state index contributed by atoms with van der Waals surface area (Å²) in [5.74, 6) is -1.96. The van der Waals surface area contributed by atoms with Gasteiger partial charge in [0.05, 0.1) is 18.3 Å². The van der Waals surface area contributed by atoms with Gasteiger partial charge in [0.1, 0.15) is 5.82 Å². The topological polar surface area (TPSA) is 46.5 Å². The van der Waals surface area contributed by atoms with Crippen LogP contribution in [-0.2, 0) is 11.3 Å². The lowest BCUT2D eigenvalue weighted by Crippen LogP contribution is -2.21. The van der Waals surface area contributed by atoms with E-state index in [4.69, 9.17) is 9.84 Å². The molecule has 0 aromatic heterocycles. The molecule has 0 unspecified atom stereocenters. The number of ether oxygens (including phenoxy) is 1. The predicted octanol–water partition coefficient (Wildman–Crippen LogP) is 2.59. The Bertz CT molecular complexity index is 399. The first-order chi connectivity index (χ1) is 7.66. The van der Waals surface area contributed by atoms with Crippen molar-refractivity contribution in [2.45, 2.75) is 32.0 Å². The quantitative estimate of drug-likeness (QED) is 0.855. The molecule has 0 aliphatic heterocycles. The van der Waals surface area contributed by atoms with E-state index in [0.717, 1.165) is 12.8 Å². The van der Waals surface area contributed by atoms with Crippen LogP contribution in [0.15, 0.2) is 18.2 Å². The third-order valence-electron chi connectivity index (χ3n) is 2.80. The van der Waals surface area contributed by atoms with E-state index >= 15 is 0 Å². The molecule has 3 nitrogen and oxygen atoms in total. The highest BCUT2D eigenvalue weighted by molar-refractivity contribution is 5.88. The van der Waals surface area contributed by atoms with Crippen LogP contribution in [-0.4, -0.2) is 17.2 Å². The number of rotatable bonds is 4. The first-order valence-electron chi connectivity index (χ1n) is 5.30. The van der Waals surface area contributed by atoms with Crippen LogP contribution in [0, 0.1) is 5.82 Å². The van der Waals surface area contributed by atoms with Gasteiger partial charge >= 0.3 is 5.97 Å². The van der Waals surface area contributed by atoms with E-state index in [9.17, 15) is 9.18 Å². The van der Waals surface area contributed by atoms with Gasteiger partial charge < -0.3 is 9.84 Å². The molecule has 0 saturated heterocycles. The van der Waals surface area contributed by atoms with Gasteiger partial charge in [0, 0.05) is 0 Å². The van der Waals surface area contributed by atoms with Crippen LogP contribution in [0.5, 0.6) is 0 Å². The van der Waals surface area contributed by atoms with Gasteiger partial charge in [0.2, 0.25) is 0 Å². The predicted molar refractivity (Wildman–Crippen MR) is 55.8 cm³/mol. The maximum Gasteiger partial charge on any atom is 0.338 e. The third-order valence-corrected chi connectivity index (χ3v) is 2.80. The van der Waals surface area contributed by atoms with E-state index in [1.54, 1.807) is 6.07 Å². The zero-order valence-electron chi connectivity index (χ0n) is 8.78. The molecule has 1 aliphatic carbocycles. The normalized spacial score (nSPS) is 15.8. The van der Waals surface area contributed by atoms with E-state index < -0.39 is 11.8 Å². The lowest BCUT2D eigenvalue weighted by atomic mass is 9.96. The summed E-state index contributed by atoms with van der Waals surface area (Å²) in [5, 5.41) is 8.74. The molecule has 0 radical (unpaired) electrons. The van der Waals surface area contributed by atoms with Gasteiger partial charge in [0.25, 0.3) is 0 Å². The number of hydrogen-bond donors (Lipinski definition) is 1. The summed E-state index contributed by atoms with van der Waals surface area (Å²) in [5.41, 5.74) is 0.403. The monoisotopic (exact) mass is 224 g/mol. The van der Waals surface area contributed by atoms with Gasteiger partial charge in [-0.25, -0.2) is 9.18 Å². The molecule has 1 aliphatic rings. The molecule has 4 heteroatoms. The van der Waals surface area contributed by atoms with Crippen molar-refractivity contribution in [2.24, 2.45) is 0 Å². The first-order valence-corrected chi connectivity index (χ1v) is 5.30. The molecular formula is C12H13FO3. The van der Waals surface area contributed by atoms with Crippen LogP contribution in [0.25, 0.3) is 0 Å². The summed E-state index contributed by atoms with van der Waals surface area (Å²) in [7, 11) is 0. The Balaban J connectivity index is 2.03. The lowest BCUT2D eigenvalue weighted by molar-refractivity contribution is -0.00870. The highest BCUT2D eigenvalue weighted by atomic mass is 19.1. The summed E-state index contributed by atoms with van der Waals surface area (Å²) in [6.45, 7) is 0.352. The standard InChI is InChI=1S/C12H13FO3/c13-11-5-4-8(6-10(11)12(14)15)7-16-9-2-1-3-9/h4-6,9H,1-3,7H2,(H,14,15). The summed E-state index contributed by atoms with van der Waals surface area (Å²) < 4.78 is 18.6. The van der Waals surface area contributed by atoms with Crippen molar-refractivity contribution in [3.05, 3.63) is 35.1 Å². The summed E-state index contributed by atoms with van der Waals surface area (Å²) in [4.78, 5) is 10.7. The summed E-state index contributed by atoms with van der Waals surface area (Å²) in [6.07, 6.45) is 3.60. The van der Waals surface area contributed by atoms with E-state index in [1.165, 1.54) is 18.6 Å². The minimum atomic E-state index is -1.25. The second-order valence-electron chi connectivity index (χ2n) is 3.98. The van der Waals surface area contributed by atoms with Crippen molar-refractivity contribution in [1.29, 1.82) is 0 Å². The Morgan fingerprint density at radius 3 is 2.81 bits per heavy atom. The second kappa shape index (κ2) is 4.61. The molecule has 1 aromatic carbocycles. The van der Waals surface area contributed by atoms with Crippen molar-refractivity contribution in [2.75, 3.05) is 0 Å². The molecule has 0 amide bonds. The van der Waals surface area contributed by atoms with Crippen molar-refractivity contribution in [1.82, 2.24) is 0 Å². The maximum absolute atomic E-state index is 13.1. The third kappa shape index (κ3) is 2.39. The molecule has 1 fully saturated rings. The zero-order valence-corrected chi connectivity index (χ0v) is 8.78. The number of carbonyl (C=O) groups is 1. The Morgan fingerprint density at radius 2 is 2.25 bits per heavy atom. The number of halogens is 1. The zero-order chi connectivity index (χ0) is 11.5. The molecule has 0 atom stereocenters. The van der Waals surface area contributed by atoms with Gasteiger partial charge in [-0.2, -0.15) is 0 Å². The fourth-order valence-corrected chi connectivity index (χ4v) is 1.58. The molecule has 1 saturated carbocycles. The van der Waals surface area contributed by atoms with E-state index in [-0.39, 0.29) is 5.56 Å². The van der Waals surface area contributed by atoms with E-state index in [0.29, 0.717) is 18.3 Å². The van der Waals surface area contributed by atoms with E-state index in [2.05, 4.69) is 0 Å². The molecule has 2 rings (SSSR count). The van der Waals surface area contributed by atoms with Gasteiger partial charge in [-0.1, -0.05) is 6.07 Å². The van der Waals surface area contributed by atoms with Crippen LogP contribution < -0.4 is 0 Å². The molecule has 1 aromatic rings. The fourth-order valence-electron chi connectivity index (χ4n) is 1.58. The number of carboxylic acid groups (broad SMARTS) is 1. The van der Waals surface area contributed by atoms with Crippen molar-refractivity contribution >= 4 is 5.97 Å². The first kappa shape index (κ1) is 11.1. The summed E-state index contributed by atoms with van der Waals surface area (Å²) in [6, 6.07) is 4.06. The highest BCUT2D eigenvalue weighted by Gasteiger charge is 2.18. The maximum atomic E-state index is 13.1. The largest absolute Gasteiger partial charge is 0.478 e. The van der Waals surface area contributed by atoms with Crippen LogP contribution in [0.2, 0.25) is 0 Å². The Hall–Kier alpha value is -1.42. The Morgan fingerprint density at radius 1 is 1.50 bits per heavy atom. The van der Waals surface area contributed by atoms with Crippen LogP contribution in [0.4, 0.5) is 4.39 Å². The van der Waals surface area contributed by atoms with Crippen molar-refractivity contribution < 1.29 is 19.0 Å². The minimum Gasteiger partial charge on any atom is -0.478 e. The average Bonchev–Trinajstić information content (AvgIpc) is 2.17. The molecule has 1 N–H and O–H groups in total. The number of carboxylic acids is 1. The number of aromatic carboxylic acids is 1. The molecule has 0 heterocycles. The lowest BCUT2D eigenvalue weighted by Gasteiger charge is -2.25. The Kier molecular flexibility index (Phi) is 3.19. The molecule has 86 valence electrons. The Labute approximate surface area is 92.9 Å². The minimum absolute atomic E-state index is 0.290. The van der Waals surface area contributed by atoms with Crippen molar-refractivity contribution in [3.8, 4) is 0 Å². The number of hydrogen-bond acceptors (Lipinski definition) is 2. The number of benzene rings is 1. The van der Waals surface area contributed by atoms with Gasteiger partial charge in [-0.15, -0.1) is 0 Å². The van der Waals surface area contributed by atoms with Gasteiger partial charge in [0.15, 0.2) is 0 Å². The fraction of sp³-hybridized carbons (Fsp3) is 0.417. The van der Waals surface area contributed by atoms with E-state index in [1.807, 2.05) is 0 Å². The molecule has 16 heavy (non-hydrogen) atoms. The second-order valence-corrected chi connectivity index (χ2v) is 3.98. The highest BCUT2D eigenvalue weighted by Crippen LogP contribution is 2.23.